The van der Waals surface area contributed by atoms with Crippen LogP contribution in [-0.4, -0.2) is 57.8 Å². The number of halogens is 3. The molecule has 2 saturated heterocycles. The quantitative estimate of drug-likeness (QED) is 0.563. The van der Waals surface area contributed by atoms with Gasteiger partial charge in [0.1, 0.15) is 22.7 Å². The number of aryl methyl sites for hydroxylation is 2. The summed E-state index contributed by atoms with van der Waals surface area (Å²) in [5.41, 5.74) is 1.25. The molecule has 188 valence electrons. The SMILES string of the molecule is Cc1noc(C)c1N1CCCCC1N1CC[C@@H](NC(=O)Cc2nc3c(C(F)(F)F)cccc3[nH]2)C1. The predicted octanol–water partition coefficient (Wildman–Crippen LogP) is 3.94. The molecule has 11 heteroatoms. The van der Waals surface area contributed by atoms with Crippen LogP contribution in [0.5, 0.6) is 0 Å². The van der Waals surface area contributed by atoms with Crippen LogP contribution in [0.15, 0.2) is 22.7 Å². The third-order valence-electron chi connectivity index (χ3n) is 6.96. The maximum atomic E-state index is 13.3. The number of aromatic amines is 1. The number of hydrogen-bond donors (Lipinski definition) is 2. The molecule has 35 heavy (non-hydrogen) atoms. The van der Waals surface area contributed by atoms with Gasteiger partial charge < -0.3 is 19.7 Å². The number of benzene rings is 1. The predicted molar refractivity (Wildman–Crippen MR) is 124 cm³/mol. The van der Waals surface area contributed by atoms with E-state index in [9.17, 15) is 18.0 Å². The van der Waals surface area contributed by atoms with Gasteiger partial charge in [0.25, 0.3) is 0 Å². The molecule has 2 aromatic heterocycles. The van der Waals surface area contributed by atoms with Crippen molar-refractivity contribution in [3.05, 3.63) is 41.0 Å². The second-order valence-corrected chi connectivity index (χ2v) is 9.45. The molecule has 1 aromatic carbocycles. The first-order chi connectivity index (χ1) is 16.7. The van der Waals surface area contributed by atoms with Gasteiger partial charge in [-0.25, -0.2) is 4.98 Å². The van der Waals surface area contributed by atoms with E-state index in [2.05, 4.69) is 30.2 Å². The van der Waals surface area contributed by atoms with Crippen molar-refractivity contribution in [1.82, 2.24) is 25.3 Å². The van der Waals surface area contributed by atoms with Crippen LogP contribution in [0, 0.1) is 13.8 Å². The summed E-state index contributed by atoms with van der Waals surface area (Å²) >= 11 is 0. The minimum Gasteiger partial charge on any atom is -0.359 e. The van der Waals surface area contributed by atoms with E-state index in [0.29, 0.717) is 6.54 Å². The Kier molecular flexibility index (Phi) is 6.20. The number of aromatic nitrogens is 3. The van der Waals surface area contributed by atoms with Crippen LogP contribution >= 0.6 is 0 Å². The number of fused-ring (bicyclic) bond motifs is 1. The van der Waals surface area contributed by atoms with Crippen molar-refractivity contribution in [3.8, 4) is 0 Å². The number of hydrogen-bond acceptors (Lipinski definition) is 6. The fourth-order valence-corrected chi connectivity index (χ4v) is 5.44. The van der Waals surface area contributed by atoms with Crippen molar-refractivity contribution in [2.45, 2.75) is 64.3 Å². The maximum Gasteiger partial charge on any atom is 0.418 e. The van der Waals surface area contributed by atoms with Gasteiger partial charge in [0, 0.05) is 25.7 Å². The Morgan fingerprint density at radius 1 is 1.23 bits per heavy atom. The van der Waals surface area contributed by atoms with Gasteiger partial charge in [-0.15, -0.1) is 0 Å². The van der Waals surface area contributed by atoms with Crippen molar-refractivity contribution in [2.75, 3.05) is 24.5 Å². The Balaban J connectivity index is 1.23. The van der Waals surface area contributed by atoms with Gasteiger partial charge in [-0.2, -0.15) is 13.2 Å². The van der Waals surface area contributed by atoms with E-state index in [0.717, 1.165) is 62.0 Å². The number of nitrogens with zero attached hydrogens (tertiary/aromatic N) is 4. The number of carbonyl (C=O) groups excluding carboxylic acids is 1. The summed E-state index contributed by atoms with van der Waals surface area (Å²) in [6, 6.07) is 3.84. The fraction of sp³-hybridized carbons (Fsp3) is 0.542. The number of amides is 1. The summed E-state index contributed by atoms with van der Waals surface area (Å²) in [5, 5.41) is 7.16. The van der Waals surface area contributed by atoms with Gasteiger partial charge in [0.15, 0.2) is 5.76 Å². The van der Waals surface area contributed by atoms with Crippen LogP contribution in [0.1, 0.15) is 48.5 Å². The Morgan fingerprint density at radius 3 is 2.80 bits per heavy atom. The Morgan fingerprint density at radius 2 is 2.06 bits per heavy atom. The van der Waals surface area contributed by atoms with Crippen molar-refractivity contribution in [2.24, 2.45) is 0 Å². The maximum absolute atomic E-state index is 13.3. The van der Waals surface area contributed by atoms with Gasteiger partial charge in [-0.05, 0) is 51.7 Å². The number of anilines is 1. The Labute approximate surface area is 200 Å². The number of piperidine rings is 1. The van der Waals surface area contributed by atoms with Crippen molar-refractivity contribution in [1.29, 1.82) is 0 Å². The molecule has 1 unspecified atom stereocenters. The Hall–Kier alpha value is -3.08. The number of carbonyl (C=O) groups is 1. The second-order valence-electron chi connectivity index (χ2n) is 9.45. The molecular formula is C24H29F3N6O2. The third-order valence-corrected chi connectivity index (χ3v) is 6.96. The molecule has 4 heterocycles. The lowest BCUT2D eigenvalue weighted by molar-refractivity contribution is -0.136. The number of para-hydroxylation sites is 1. The highest BCUT2D eigenvalue weighted by Crippen LogP contribution is 2.34. The topological polar surface area (TPSA) is 90.3 Å². The minimum atomic E-state index is -4.50. The molecule has 8 nitrogen and oxygen atoms in total. The summed E-state index contributed by atoms with van der Waals surface area (Å²) in [7, 11) is 0. The first kappa shape index (κ1) is 23.7. The molecule has 2 fully saturated rings. The highest BCUT2D eigenvalue weighted by Gasteiger charge is 2.36. The molecule has 0 saturated carbocycles. The smallest absolute Gasteiger partial charge is 0.359 e. The minimum absolute atomic E-state index is 0.0222. The second kappa shape index (κ2) is 9.18. The fourth-order valence-electron chi connectivity index (χ4n) is 5.44. The molecule has 2 aliphatic rings. The van der Waals surface area contributed by atoms with Crippen LogP contribution in [-0.2, 0) is 17.4 Å². The first-order valence-electron chi connectivity index (χ1n) is 12.0. The highest BCUT2D eigenvalue weighted by molar-refractivity contribution is 5.82. The van der Waals surface area contributed by atoms with E-state index in [1.54, 1.807) is 0 Å². The van der Waals surface area contributed by atoms with E-state index >= 15 is 0 Å². The van der Waals surface area contributed by atoms with E-state index < -0.39 is 11.7 Å². The third kappa shape index (κ3) is 4.73. The van der Waals surface area contributed by atoms with Gasteiger partial charge in [-0.3, -0.25) is 9.69 Å². The van der Waals surface area contributed by atoms with E-state index in [1.807, 2.05) is 13.8 Å². The Bertz CT molecular complexity index is 1200. The number of likely N-dealkylation sites (tertiary alicyclic amines) is 1. The van der Waals surface area contributed by atoms with Crippen molar-refractivity contribution in [3.63, 3.8) is 0 Å². The largest absolute Gasteiger partial charge is 0.418 e. The van der Waals surface area contributed by atoms with Gasteiger partial charge >= 0.3 is 6.18 Å². The lowest BCUT2D eigenvalue weighted by Crippen LogP contribution is -2.51. The summed E-state index contributed by atoms with van der Waals surface area (Å²) in [5.74, 6) is 0.787. The summed E-state index contributed by atoms with van der Waals surface area (Å²) < 4.78 is 45.2. The van der Waals surface area contributed by atoms with Crippen LogP contribution in [0.25, 0.3) is 11.0 Å². The molecule has 3 aromatic rings. The molecule has 5 rings (SSSR count). The summed E-state index contributed by atoms with van der Waals surface area (Å²) in [6.45, 7) is 6.40. The zero-order valence-electron chi connectivity index (χ0n) is 19.8. The summed E-state index contributed by atoms with van der Waals surface area (Å²) in [4.78, 5) is 24.4. The van der Waals surface area contributed by atoms with Gasteiger partial charge in [-0.1, -0.05) is 11.2 Å². The highest BCUT2D eigenvalue weighted by atomic mass is 19.4. The van der Waals surface area contributed by atoms with E-state index in [-0.39, 0.29) is 41.4 Å². The first-order valence-corrected chi connectivity index (χ1v) is 12.0. The number of imidazole rings is 1. The lowest BCUT2D eigenvalue weighted by atomic mass is 10.1. The molecule has 0 aliphatic carbocycles. The molecule has 0 spiro atoms. The lowest BCUT2D eigenvalue weighted by Gasteiger charge is -2.42. The van der Waals surface area contributed by atoms with Crippen molar-refractivity contribution >= 4 is 22.6 Å². The van der Waals surface area contributed by atoms with E-state index in [4.69, 9.17) is 4.52 Å². The van der Waals surface area contributed by atoms with Gasteiger partial charge in [0.2, 0.25) is 5.91 Å². The number of alkyl halides is 3. The number of H-pyrrole nitrogens is 1. The summed E-state index contributed by atoms with van der Waals surface area (Å²) in [6.07, 6.45) is -0.276. The molecule has 0 bridgehead atoms. The average molecular weight is 491 g/mol. The molecule has 2 aliphatic heterocycles. The van der Waals surface area contributed by atoms with Crippen LogP contribution in [0.2, 0.25) is 0 Å². The monoisotopic (exact) mass is 490 g/mol. The molecule has 0 radical (unpaired) electrons. The normalized spacial score (nSPS) is 21.7. The zero-order valence-corrected chi connectivity index (χ0v) is 19.8. The van der Waals surface area contributed by atoms with Crippen molar-refractivity contribution < 1.29 is 22.5 Å². The molecule has 2 N–H and O–H groups in total. The molecular weight excluding hydrogens is 461 g/mol. The average Bonchev–Trinajstić information content (AvgIpc) is 3.51. The molecule has 1 amide bonds. The van der Waals surface area contributed by atoms with Crippen LogP contribution in [0.4, 0.5) is 18.9 Å². The van der Waals surface area contributed by atoms with Crippen LogP contribution < -0.4 is 10.2 Å². The zero-order chi connectivity index (χ0) is 24.7. The van der Waals surface area contributed by atoms with Gasteiger partial charge in [0.05, 0.1) is 23.7 Å². The molecule has 2 atom stereocenters. The van der Waals surface area contributed by atoms with E-state index in [1.165, 1.54) is 12.1 Å². The number of nitrogens with one attached hydrogen (secondary N) is 2. The van der Waals surface area contributed by atoms with Crippen LogP contribution in [0.3, 0.4) is 0 Å². The number of rotatable bonds is 5. The standard InChI is InChI=1S/C24H29F3N6O2/c1-14-23(15(2)35-31-14)33-10-4-3-8-21(33)32-11-9-16(13-32)28-20(34)12-19-29-18-7-5-6-17(22(18)30-19)24(25,26)27/h5-7,16,21H,3-4,8-13H2,1-2H3,(H,28,34)(H,29,30)/t16-,21?/m1/s1.